The number of nitrogens with zero attached hydrogens (tertiary/aromatic N) is 2. The summed E-state index contributed by atoms with van der Waals surface area (Å²) in [5, 5.41) is 14.7. The standard InChI is InChI=1S/C13H20N2O/c16-13-8-4-3-7-12(13)15-9-10-5-1-2-6-11(10)14-15/h9,12-13,16H,1-8H2/t12-,13-/m1/s1. The van der Waals surface area contributed by atoms with E-state index in [2.05, 4.69) is 16.0 Å². The van der Waals surface area contributed by atoms with E-state index in [-0.39, 0.29) is 12.1 Å². The van der Waals surface area contributed by atoms with Crippen molar-refractivity contribution in [3.63, 3.8) is 0 Å². The fourth-order valence-corrected chi connectivity index (χ4v) is 3.06. The molecule has 2 aliphatic rings. The minimum absolute atomic E-state index is 0.185. The van der Waals surface area contributed by atoms with Gasteiger partial charge >= 0.3 is 0 Å². The lowest BCUT2D eigenvalue weighted by atomic mass is 9.93. The zero-order valence-electron chi connectivity index (χ0n) is 9.73. The van der Waals surface area contributed by atoms with Crippen LogP contribution in [0.3, 0.4) is 0 Å². The van der Waals surface area contributed by atoms with Crippen molar-refractivity contribution in [3.05, 3.63) is 17.5 Å². The van der Waals surface area contributed by atoms with Crippen LogP contribution in [0.2, 0.25) is 0 Å². The van der Waals surface area contributed by atoms with Gasteiger partial charge in [0.2, 0.25) is 0 Å². The van der Waals surface area contributed by atoms with Crippen molar-refractivity contribution in [2.45, 2.75) is 63.5 Å². The molecule has 0 spiro atoms. The fraction of sp³-hybridized carbons (Fsp3) is 0.769. The van der Waals surface area contributed by atoms with Gasteiger partial charge in [-0.05, 0) is 44.1 Å². The SMILES string of the molecule is O[C@@H]1CCCC[C@H]1n1cc2c(n1)CCCC2. The first-order chi connectivity index (χ1) is 7.84. The molecule has 0 unspecified atom stereocenters. The highest BCUT2D eigenvalue weighted by atomic mass is 16.3. The molecule has 3 nitrogen and oxygen atoms in total. The van der Waals surface area contributed by atoms with Gasteiger partial charge in [-0.2, -0.15) is 5.10 Å². The maximum atomic E-state index is 10.0. The lowest BCUT2D eigenvalue weighted by molar-refractivity contribution is 0.0692. The molecule has 2 atom stereocenters. The Hall–Kier alpha value is -0.830. The summed E-state index contributed by atoms with van der Waals surface area (Å²) in [5.41, 5.74) is 2.70. The predicted molar refractivity (Wildman–Crippen MR) is 62.4 cm³/mol. The molecule has 0 aromatic carbocycles. The topological polar surface area (TPSA) is 38.0 Å². The van der Waals surface area contributed by atoms with E-state index < -0.39 is 0 Å². The Morgan fingerprint density at radius 2 is 1.94 bits per heavy atom. The summed E-state index contributed by atoms with van der Waals surface area (Å²) >= 11 is 0. The van der Waals surface area contributed by atoms with E-state index in [0.29, 0.717) is 0 Å². The number of aryl methyl sites for hydroxylation is 2. The molecule has 0 aliphatic heterocycles. The third-order valence-corrected chi connectivity index (χ3v) is 4.04. The highest BCUT2D eigenvalue weighted by molar-refractivity contribution is 5.20. The van der Waals surface area contributed by atoms with Crippen LogP contribution in [0, 0.1) is 0 Å². The summed E-state index contributed by atoms with van der Waals surface area (Å²) in [4.78, 5) is 0. The van der Waals surface area contributed by atoms with Gasteiger partial charge in [-0.25, -0.2) is 0 Å². The normalized spacial score (nSPS) is 30.1. The van der Waals surface area contributed by atoms with Crippen molar-refractivity contribution in [2.24, 2.45) is 0 Å². The van der Waals surface area contributed by atoms with E-state index in [9.17, 15) is 5.11 Å². The van der Waals surface area contributed by atoms with Crippen LogP contribution in [0.4, 0.5) is 0 Å². The number of hydrogen-bond acceptors (Lipinski definition) is 2. The minimum Gasteiger partial charge on any atom is -0.391 e. The van der Waals surface area contributed by atoms with Crippen LogP contribution in [0.5, 0.6) is 0 Å². The van der Waals surface area contributed by atoms with Crippen LogP contribution in [-0.2, 0) is 12.8 Å². The summed E-state index contributed by atoms with van der Waals surface area (Å²) in [6, 6.07) is 0.236. The van der Waals surface area contributed by atoms with Gasteiger partial charge < -0.3 is 5.11 Å². The van der Waals surface area contributed by atoms with Crippen LogP contribution in [0.1, 0.15) is 55.8 Å². The van der Waals surface area contributed by atoms with Crippen LogP contribution in [-0.4, -0.2) is 21.0 Å². The molecule has 1 aromatic heterocycles. The first kappa shape index (κ1) is 10.3. The molecule has 2 aliphatic carbocycles. The molecule has 3 heteroatoms. The second kappa shape index (κ2) is 4.21. The molecular weight excluding hydrogens is 200 g/mol. The number of aliphatic hydroxyl groups excluding tert-OH is 1. The van der Waals surface area contributed by atoms with Crippen molar-refractivity contribution in [2.75, 3.05) is 0 Å². The molecule has 1 heterocycles. The maximum Gasteiger partial charge on any atom is 0.0778 e. The Bertz CT molecular complexity index is 349. The first-order valence-electron chi connectivity index (χ1n) is 6.59. The maximum absolute atomic E-state index is 10.0. The van der Waals surface area contributed by atoms with Crippen molar-refractivity contribution < 1.29 is 5.11 Å². The average molecular weight is 220 g/mol. The van der Waals surface area contributed by atoms with Crippen LogP contribution in [0.25, 0.3) is 0 Å². The fourth-order valence-electron chi connectivity index (χ4n) is 3.06. The van der Waals surface area contributed by atoms with E-state index in [1.54, 1.807) is 0 Å². The number of hydrogen-bond donors (Lipinski definition) is 1. The summed E-state index contributed by atoms with van der Waals surface area (Å²) in [5.74, 6) is 0. The van der Waals surface area contributed by atoms with Gasteiger partial charge in [0, 0.05) is 6.20 Å². The molecule has 1 saturated carbocycles. The number of fused-ring (bicyclic) bond motifs is 1. The smallest absolute Gasteiger partial charge is 0.0778 e. The van der Waals surface area contributed by atoms with E-state index in [1.165, 1.54) is 43.4 Å². The van der Waals surface area contributed by atoms with Gasteiger partial charge in [0.1, 0.15) is 0 Å². The summed E-state index contributed by atoms with van der Waals surface area (Å²) < 4.78 is 2.06. The molecule has 0 saturated heterocycles. The average Bonchev–Trinajstić information content (AvgIpc) is 2.73. The van der Waals surface area contributed by atoms with E-state index in [0.717, 1.165) is 19.3 Å². The van der Waals surface area contributed by atoms with Crippen LogP contribution in [0.15, 0.2) is 6.20 Å². The largest absolute Gasteiger partial charge is 0.391 e. The Labute approximate surface area is 96.5 Å². The van der Waals surface area contributed by atoms with Crippen molar-refractivity contribution in [1.29, 1.82) is 0 Å². The quantitative estimate of drug-likeness (QED) is 0.788. The Balaban J connectivity index is 1.85. The molecule has 3 rings (SSSR count). The Morgan fingerprint density at radius 1 is 1.12 bits per heavy atom. The van der Waals surface area contributed by atoms with E-state index in [4.69, 9.17) is 0 Å². The number of aromatic nitrogens is 2. The van der Waals surface area contributed by atoms with Gasteiger partial charge in [0.15, 0.2) is 0 Å². The molecule has 1 N–H and O–H groups in total. The lowest BCUT2D eigenvalue weighted by Crippen LogP contribution is -2.27. The molecular formula is C13H20N2O. The Kier molecular flexibility index (Phi) is 2.72. The number of aliphatic hydroxyl groups is 1. The predicted octanol–water partition coefficient (Wildman–Crippen LogP) is 2.24. The van der Waals surface area contributed by atoms with Crippen LogP contribution < -0.4 is 0 Å². The van der Waals surface area contributed by atoms with Crippen molar-refractivity contribution >= 4 is 0 Å². The summed E-state index contributed by atoms with van der Waals surface area (Å²) in [6.45, 7) is 0. The van der Waals surface area contributed by atoms with Gasteiger partial charge in [-0.3, -0.25) is 4.68 Å². The molecule has 1 aromatic rings. The lowest BCUT2D eigenvalue weighted by Gasteiger charge is -2.27. The molecule has 16 heavy (non-hydrogen) atoms. The first-order valence-corrected chi connectivity index (χ1v) is 6.59. The molecule has 88 valence electrons. The van der Waals surface area contributed by atoms with Crippen molar-refractivity contribution in [1.82, 2.24) is 9.78 Å². The van der Waals surface area contributed by atoms with Crippen LogP contribution >= 0.6 is 0 Å². The van der Waals surface area contributed by atoms with Crippen molar-refractivity contribution in [3.8, 4) is 0 Å². The van der Waals surface area contributed by atoms with Gasteiger partial charge in [-0.15, -0.1) is 0 Å². The van der Waals surface area contributed by atoms with Gasteiger partial charge in [0.05, 0.1) is 17.8 Å². The second-order valence-electron chi connectivity index (χ2n) is 5.21. The zero-order valence-corrected chi connectivity index (χ0v) is 9.73. The highest BCUT2D eigenvalue weighted by Gasteiger charge is 2.26. The molecule has 0 bridgehead atoms. The highest BCUT2D eigenvalue weighted by Crippen LogP contribution is 2.30. The Morgan fingerprint density at radius 3 is 2.75 bits per heavy atom. The monoisotopic (exact) mass is 220 g/mol. The third kappa shape index (κ3) is 1.77. The summed E-state index contributed by atoms with van der Waals surface area (Å²) in [6.07, 6.45) is 11.3. The zero-order chi connectivity index (χ0) is 11.0. The molecule has 1 fully saturated rings. The van der Waals surface area contributed by atoms with E-state index >= 15 is 0 Å². The molecule has 0 radical (unpaired) electrons. The minimum atomic E-state index is -0.185. The number of rotatable bonds is 1. The molecule has 0 amide bonds. The second-order valence-corrected chi connectivity index (χ2v) is 5.21. The van der Waals surface area contributed by atoms with Gasteiger partial charge in [-0.1, -0.05) is 12.8 Å². The summed E-state index contributed by atoms with van der Waals surface area (Å²) in [7, 11) is 0. The third-order valence-electron chi connectivity index (χ3n) is 4.04. The van der Waals surface area contributed by atoms with Gasteiger partial charge in [0.25, 0.3) is 0 Å². The van der Waals surface area contributed by atoms with E-state index in [1.807, 2.05) is 0 Å².